The number of nitrogens with two attached hydrogens (primary N) is 1. The van der Waals surface area contributed by atoms with Crippen LogP contribution in [-0.4, -0.2) is 10.2 Å². The van der Waals surface area contributed by atoms with Crippen LogP contribution in [-0.2, 0) is 0 Å². The molecule has 2 rings (SSSR count). The van der Waals surface area contributed by atoms with Gasteiger partial charge in [0.05, 0.1) is 17.6 Å². The van der Waals surface area contributed by atoms with Gasteiger partial charge < -0.3 is 10.5 Å². The summed E-state index contributed by atoms with van der Waals surface area (Å²) in [6.07, 6.45) is 1.63. The number of H-pyrrole nitrogens is 1. The fraction of sp³-hybridized carbons (Fsp3) is 0.100. The first-order chi connectivity index (χ1) is 6.77. The maximum atomic E-state index is 5.73. The Bertz CT molecular complexity index is 436. The molecule has 0 bridgehead atoms. The lowest BCUT2D eigenvalue weighted by Crippen LogP contribution is -1.91. The van der Waals surface area contributed by atoms with E-state index < -0.39 is 0 Å². The molecule has 0 aliphatic heterocycles. The molecule has 4 heteroatoms. The lowest BCUT2D eigenvalue weighted by Gasteiger charge is -2.06. The van der Waals surface area contributed by atoms with Crippen molar-refractivity contribution in [1.82, 2.24) is 10.2 Å². The monoisotopic (exact) mass is 189 g/mol. The number of rotatable bonds is 2. The Kier molecular flexibility index (Phi) is 2.10. The van der Waals surface area contributed by atoms with Crippen LogP contribution in [0.1, 0.15) is 5.69 Å². The van der Waals surface area contributed by atoms with Gasteiger partial charge in [0.1, 0.15) is 5.75 Å². The van der Waals surface area contributed by atoms with Gasteiger partial charge >= 0.3 is 0 Å². The smallest absolute Gasteiger partial charge is 0.168 e. The average Bonchev–Trinajstić information content (AvgIpc) is 2.56. The zero-order valence-electron chi connectivity index (χ0n) is 7.82. The zero-order valence-corrected chi connectivity index (χ0v) is 7.82. The number of anilines is 1. The van der Waals surface area contributed by atoms with Gasteiger partial charge in [-0.25, -0.2) is 0 Å². The van der Waals surface area contributed by atoms with Gasteiger partial charge in [-0.1, -0.05) is 12.1 Å². The molecule has 0 unspecified atom stereocenters. The van der Waals surface area contributed by atoms with E-state index in [9.17, 15) is 0 Å². The van der Waals surface area contributed by atoms with Crippen LogP contribution >= 0.6 is 0 Å². The van der Waals surface area contributed by atoms with Crippen LogP contribution in [0.3, 0.4) is 0 Å². The molecule has 0 amide bonds. The van der Waals surface area contributed by atoms with Gasteiger partial charge in [-0.05, 0) is 19.1 Å². The quantitative estimate of drug-likeness (QED) is 0.711. The van der Waals surface area contributed by atoms with Crippen molar-refractivity contribution < 1.29 is 4.74 Å². The molecule has 14 heavy (non-hydrogen) atoms. The first-order valence-corrected chi connectivity index (χ1v) is 4.29. The maximum Gasteiger partial charge on any atom is 0.168 e. The van der Waals surface area contributed by atoms with Crippen LogP contribution in [0.4, 0.5) is 5.69 Å². The number of benzene rings is 1. The zero-order chi connectivity index (χ0) is 9.97. The van der Waals surface area contributed by atoms with Gasteiger partial charge in [-0.3, -0.25) is 5.10 Å². The Hall–Kier alpha value is -1.97. The standard InChI is InChI=1S/C10H11N3O/c1-7-10(6-12-13-7)14-9-5-3-2-4-8(9)11/h2-6H,11H2,1H3,(H,12,13). The van der Waals surface area contributed by atoms with Crippen molar-refractivity contribution in [2.24, 2.45) is 0 Å². The minimum atomic E-state index is 0.619. The third kappa shape index (κ3) is 1.54. The van der Waals surface area contributed by atoms with Crippen molar-refractivity contribution in [2.45, 2.75) is 6.92 Å². The maximum absolute atomic E-state index is 5.73. The fourth-order valence-corrected chi connectivity index (χ4v) is 1.13. The van der Waals surface area contributed by atoms with Crippen molar-refractivity contribution in [1.29, 1.82) is 0 Å². The van der Waals surface area contributed by atoms with E-state index in [4.69, 9.17) is 10.5 Å². The van der Waals surface area contributed by atoms with Gasteiger partial charge in [0, 0.05) is 0 Å². The lowest BCUT2D eigenvalue weighted by molar-refractivity contribution is 0.481. The molecular formula is C10H11N3O. The molecule has 0 spiro atoms. The SMILES string of the molecule is Cc1[nH]ncc1Oc1ccccc1N. The second-order valence-corrected chi connectivity index (χ2v) is 3.00. The number of ether oxygens (including phenoxy) is 1. The van der Waals surface area contributed by atoms with Crippen LogP contribution < -0.4 is 10.5 Å². The molecular weight excluding hydrogens is 178 g/mol. The van der Waals surface area contributed by atoms with Crippen LogP contribution in [0.5, 0.6) is 11.5 Å². The van der Waals surface area contributed by atoms with E-state index in [1.165, 1.54) is 0 Å². The summed E-state index contributed by atoms with van der Waals surface area (Å²) >= 11 is 0. The molecule has 1 aromatic heterocycles. The van der Waals surface area contributed by atoms with Crippen LogP contribution in [0.2, 0.25) is 0 Å². The predicted octanol–water partition coefficient (Wildman–Crippen LogP) is 2.09. The summed E-state index contributed by atoms with van der Waals surface area (Å²) in [7, 11) is 0. The van der Waals surface area contributed by atoms with E-state index in [1.807, 2.05) is 25.1 Å². The number of nitrogens with zero attached hydrogens (tertiary/aromatic N) is 1. The Morgan fingerprint density at radius 2 is 2.07 bits per heavy atom. The molecule has 0 atom stereocenters. The lowest BCUT2D eigenvalue weighted by atomic mass is 10.3. The largest absolute Gasteiger partial charge is 0.452 e. The summed E-state index contributed by atoms with van der Waals surface area (Å²) in [6, 6.07) is 7.36. The van der Waals surface area contributed by atoms with Crippen molar-refractivity contribution in [2.75, 3.05) is 5.73 Å². The van der Waals surface area contributed by atoms with E-state index in [0.717, 1.165) is 5.69 Å². The van der Waals surface area contributed by atoms with Crippen LogP contribution in [0, 0.1) is 6.92 Å². The molecule has 4 nitrogen and oxygen atoms in total. The minimum Gasteiger partial charge on any atom is -0.452 e. The first kappa shape index (κ1) is 8.62. The summed E-state index contributed by atoms with van der Waals surface area (Å²) in [4.78, 5) is 0. The fourth-order valence-electron chi connectivity index (χ4n) is 1.13. The summed E-state index contributed by atoms with van der Waals surface area (Å²) in [5.74, 6) is 1.35. The summed E-state index contributed by atoms with van der Waals surface area (Å²) in [5.41, 5.74) is 7.23. The number of para-hydroxylation sites is 2. The molecule has 1 aromatic carbocycles. The molecule has 0 aliphatic rings. The Morgan fingerprint density at radius 3 is 2.71 bits per heavy atom. The van der Waals surface area contributed by atoms with Gasteiger partial charge in [0.15, 0.2) is 5.75 Å². The number of aryl methyl sites for hydroxylation is 1. The number of aromatic amines is 1. The minimum absolute atomic E-state index is 0.619. The normalized spacial score (nSPS) is 10.1. The average molecular weight is 189 g/mol. The van der Waals surface area contributed by atoms with Gasteiger partial charge in [-0.15, -0.1) is 0 Å². The van der Waals surface area contributed by atoms with Crippen molar-refractivity contribution in [3.8, 4) is 11.5 Å². The van der Waals surface area contributed by atoms with Crippen LogP contribution in [0.25, 0.3) is 0 Å². The second kappa shape index (κ2) is 3.41. The Morgan fingerprint density at radius 1 is 1.29 bits per heavy atom. The van der Waals surface area contributed by atoms with E-state index in [-0.39, 0.29) is 0 Å². The number of hydrogen-bond acceptors (Lipinski definition) is 3. The van der Waals surface area contributed by atoms with E-state index >= 15 is 0 Å². The van der Waals surface area contributed by atoms with Crippen LogP contribution in [0.15, 0.2) is 30.5 Å². The number of nitrogen functional groups attached to an aromatic ring is 1. The highest BCUT2D eigenvalue weighted by atomic mass is 16.5. The third-order valence-corrected chi connectivity index (χ3v) is 1.92. The second-order valence-electron chi connectivity index (χ2n) is 3.00. The highest BCUT2D eigenvalue weighted by Gasteiger charge is 2.04. The van der Waals surface area contributed by atoms with E-state index in [0.29, 0.717) is 17.2 Å². The molecule has 2 aromatic rings. The number of nitrogens with one attached hydrogen (secondary N) is 1. The van der Waals surface area contributed by atoms with Gasteiger partial charge in [-0.2, -0.15) is 5.10 Å². The third-order valence-electron chi connectivity index (χ3n) is 1.92. The van der Waals surface area contributed by atoms with Crippen molar-refractivity contribution in [3.05, 3.63) is 36.2 Å². The molecule has 0 saturated heterocycles. The molecule has 3 N–H and O–H groups in total. The van der Waals surface area contributed by atoms with E-state index in [2.05, 4.69) is 10.2 Å². The Labute approximate surface area is 81.7 Å². The molecule has 0 fully saturated rings. The summed E-state index contributed by atoms with van der Waals surface area (Å²) < 4.78 is 5.56. The van der Waals surface area contributed by atoms with Gasteiger partial charge in [0.25, 0.3) is 0 Å². The molecule has 0 saturated carbocycles. The highest BCUT2D eigenvalue weighted by molar-refractivity contribution is 5.53. The van der Waals surface area contributed by atoms with Gasteiger partial charge in [0.2, 0.25) is 0 Å². The molecule has 0 aliphatic carbocycles. The topological polar surface area (TPSA) is 63.9 Å². The number of aromatic nitrogens is 2. The molecule has 72 valence electrons. The summed E-state index contributed by atoms with van der Waals surface area (Å²) in [5, 5.41) is 6.65. The van der Waals surface area contributed by atoms with E-state index in [1.54, 1.807) is 12.3 Å². The van der Waals surface area contributed by atoms with Crippen molar-refractivity contribution in [3.63, 3.8) is 0 Å². The molecule has 1 heterocycles. The first-order valence-electron chi connectivity index (χ1n) is 4.29. The summed E-state index contributed by atoms with van der Waals surface area (Å²) in [6.45, 7) is 1.89. The number of hydrogen-bond donors (Lipinski definition) is 2. The molecule has 0 radical (unpaired) electrons. The highest BCUT2D eigenvalue weighted by Crippen LogP contribution is 2.27. The van der Waals surface area contributed by atoms with Crippen molar-refractivity contribution >= 4 is 5.69 Å². The Balaban J connectivity index is 2.28. The predicted molar refractivity (Wildman–Crippen MR) is 54.3 cm³/mol.